The molecule has 0 saturated carbocycles. The van der Waals surface area contributed by atoms with Gasteiger partial charge in [0.05, 0.1) is 12.7 Å². The van der Waals surface area contributed by atoms with Crippen LogP contribution in [-0.4, -0.2) is 35.6 Å². The predicted octanol–water partition coefficient (Wildman–Crippen LogP) is 2.27. The number of piperazine rings is 1. The van der Waals surface area contributed by atoms with Crippen molar-refractivity contribution in [2.75, 3.05) is 19.6 Å². The Morgan fingerprint density at radius 3 is 2.95 bits per heavy atom. The lowest BCUT2D eigenvalue weighted by Gasteiger charge is -2.30. The van der Waals surface area contributed by atoms with Gasteiger partial charge in [0, 0.05) is 31.2 Å². The molecule has 2 heterocycles. The highest BCUT2D eigenvalue weighted by atomic mass is 19.1. The average molecular weight is 275 g/mol. The van der Waals surface area contributed by atoms with Crippen LogP contribution in [0.25, 0.3) is 11.3 Å². The van der Waals surface area contributed by atoms with Gasteiger partial charge in [0.2, 0.25) is 5.89 Å². The van der Waals surface area contributed by atoms with Crippen LogP contribution in [0.1, 0.15) is 12.8 Å². The maximum atomic E-state index is 12.9. The Hall–Kier alpha value is -1.72. The smallest absolute Gasteiger partial charge is 0.209 e. The molecule has 4 nitrogen and oxygen atoms in total. The molecule has 0 amide bonds. The first-order valence-corrected chi connectivity index (χ1v) is 6.87. The maximum absolute atomic E-state index is 12.9. The average Bonchev–Trinajstić information content (AvgIpc) is 2.88. The van der Waals surface area contributed by atoms with Crippen LogP contribution in [0.15, 0.2) is 34.9 Å². The zero-order valence-corrected chi connectivity index (χ0v) is 11.5. The van der Waals surface area contributed by atoms with E-state index in [0.29, 0.717) is 24.2 Å². The zero-order valence-electron chi connectivity index (χ0n) is 11.5. The lowest BCUT2D eigenvalue weighted by Crippen LogP contribution is -2.48. The van der Waals surface area contributed by atoms with Crippen molar-refractivity contribution in [3.63, 3.8) is 0 Å². The fourth-order valence-electron chi connectivity index (χ4n) is 2.48. The Morgan fingerprint density at radius 2 is 2.20 bits per heavy atom. The third-order valence-corrected chi connectivity index (χ3v) is 3.49. The molecule has 1 aliphatic heterocycles. The van der Waals surface area contributed by atoms with Gasteiger partial charge < -0.3 is 9.73 Å². The van der Waals surface area contributed by atoms with Crippen LogP contribution in [0.3, 0.4) is 0 Å². The Labute approximate surface area is 117 Å². The van der Waals surface area contributed by atoms with Gasteiger partial charge in [-0.1, -0.05) is 0 Å². The van der Waals surface area contributed by atoms with Crippen molar-refractivity contribution in [3.05, 3.63) is 42.2 Å². The summed E-state index contributed by atoms with van der Waals surface area (Å²) in [6.07, 6.45) is 1.70. The summed E-state index contributed by atoms with van der Waals surface area (Å²) in [7, 11) is 0. The Morgan fingerprint density at radius 1 is 1.40 bits per heavy atom. The second-order valence-electron chi connectivity index (χ2n) is 5.22. The standard InChI is InChI=1S/C15H18FN3O/c1-11-9-19(7-6-17-11)10-15-18-8-14(20-15)12-2-4-13(16)5-3-12/h2-5,8,11,17H,6-7,9-10H2,1H3/t11-/m1/s1. The van der Waals surface area contributed by atoms with Crippen LogP contribution in [0.2, 0.25) is 0 Å². The SMILES string of the molecule is C[C@@H]1CN(Cc2ncc(-c3ccc(F)cc3)o2)CCN1. The largest absolute Gasteiger partial charge is 0.439 e. The van der Waals surface area contributed by atoms with E-state index in [1.165, 1.54) is 12.1 Å². The van der Waals surface area contributed by atoms with Crippen molar-refractivity contribution in [2.45, 2.75) is 19.5 Å². The topological polar surface area (TPSA) is 41.3 Å². The van der Waals surface area contributed by atoms with Crippen LogP contribution in [-0.2, 0) is 6.54 Å². The van der Waals surface area contributed by atoms with Gasteiger partial charge in [-0.15, -0.1) is 0 Å². The van der Waals surface area contributed by atoms with Crippen molar-refractivity contribution in [3.8, 4) is 11.3 Å². The molecule has 0 bridgehead atoms. The summed E-state index contributed by atoms with van der Waals surface area (Å²) < 4.78 is 18.6. The van der Waals surface area contributed by atoms with E-state index in [-0.39, 0.29) is 5.82 Å². The molecule has 106 valence electrons. The number of benzene rings is 1. The molecule has 1 aromatic heterocycles. The number of nitrogens with zero attached hydrogens (tertiary/aromatic N) is 2. The molecule has 0 unspecified atom stereocenters. The van der Waals surface area contributed by atoms with Crippen molar-refractivity contribution < 1.29 is 8.81 Å². The number of hydrogen-bond donors (Lipinski definition) is 1. The van der Waals surface area contributed by atoms with Gasteiger partial charge in [-0.25, -0.2) is 9.37 Å². The van der Waals surface area contributed by atoms with E-state index in [4.69, 9.17) is 4.42 Å². The van der Waals surface area contributed by atoms with E-state index in [2.05, 4.69) is 22.1 Å². The normalized spacial score (nSPS) is 20.2. The fraction of sp³-hybridized carbons (Fsp3) is 0.400. The minimum Gasteiger partial charge on any atom is -0.439 e. The van der Waals surface area contributed by atoms with Crippen LogP contribution in [0.4, 0.5) is 4.39 Å². The summed E-state index contributed by atoms with van der Waals surface area (Å²) in [5.41, 5.74) is 0.846. The van der Waals surface area contributed by atoms with Gasteiger partial charge in [0.1, 0.15) is 5.82 Å². The van der Waals surface area contributed by atoms with Gasteiger partial charge >= 0.3 is 0 Å². The fourth-order valence-corrected chi connectivity index (χ4v) is 2.48. The van der Waals surface area contributed by atoms with Crippen LogP contribution in [0, 0.1) is 5.82 Å². The molecule has 0 radical (unpaired) electrons. The highest BCUT2D eigenvalue weighted by Gasteiger charge is 2.17. The highest BCUT2D eigenvalue weighted by Crippen LogP contribution is 2.21. The third kappa shape index (κ3) is 3.05. The Balaban J connectivity index is 1.69. The van der Waals surface area contributed by atoms with Crippen molar-refractivity contribution in [1.29, 1.82) is 0 Å². The van der Waals surface area contributed by atoms with Crippen molar-refractivity contribution in [1.82, 2.24) is 15.2 Å². The molecule has 0 spiro atoms. The number of halogens is 1. The molecule has 1 aliphatic rings. The highest BCUT2D eigenvalue weighted by molar-refractivity contribution is 5.55. The number of rotatable bonds is 3. The monoisotopic (exact) mass is 275 g/mol. The summed E-state index contributed by atoms with van der Waals surface area (Å²) in [6.45, 7) is 5.87. The lowest BCUT2D eigenvalue weighted by atomic mass is 10.2. The lowest BCUT2D eigenvalue weighted by molar-refractivity contribution is 0.184. The van der Waals surface area contributed by atoms with E-state index in [9.17, 15) is 4.39 Å². The summed E-state index contributed by atoms with van der Waals surface area (Å²) in [4.78, 5) is 6.63. The summed E-state index contributed by atoms with van der Waals surface area (Å²) in [5.74, 6) is 1.14. The molecule has 1 aromatic carbocycles. The van der Waals surface area contributed by atoms with E-state index in [1.54, 1.807) is 18.3 Å². The van der Waals surface area contributed by atoms with E-state index in [1.807, 2.05) is 0 Å². The maximum Gasteiger partial charge on any atom is 0.209 e. The minimum absolute atomic E-state index is 0.247. The first kappa shape index (κ1) is 13.3. The Kier molecular flexibility index (Phi) is 3.80. The summed E-state index contributed by atoms with van der Waals surface area (Å²) >= 11 is 0. The first-order chi connectivity index (χ1) is 9.70. The van der Waals surface area contributed by atoms with Gasteiger partial charge in [0.25, 0.3) is 0 Å². The number of aromatic nitrogens is 1. The van der Waals surface area contributed by atoms with E-state index >= 15 is 0 Å². The Bertz CT molecular complexity index is 567. The summed E-state index contributed by atoms with van der Waals surface area (Å²) in [6, 6.07) is 6.75. The molecule has 1 atom stereocenters. The van der Waals surface area contributed by atoms with Crippen LogP contribution >= 0.6 is 0 Å². The van der Waals surface area contributed by atoms with Gasteiger partial charge in [0.15, 0.2) is 5.76 Å². The second-order valence-corrected chi connectivity index (χ2v) is 5.22. The van der Waals surface area contributed by atoms with E-state index in [0.717, 1.165) is 25.2 Å². The molecule has 5 heteroatoms. The van der Waals surface area contributed by atoms with Crippen LogP contribution in [0.5, 0.6) is 0 Å². The molecule has 0 aliphatic carbocycles. The molecule has 1 saturated heterocycles. The van der Waals surface area contributed by atoms with Crippen molar-refractivity contribution >= 4 is 0 Å². The molecule has 3 rings (SSSR count). The van der Waals surface area contributed by atoms with E-state index < -0.39 is 0 Å². The minimum atomic E-state index is -0.247. The number of oxazole rings is 1. The van der Waals surface area contributed by atoms with Gasteiger partial charge in [-0.2, -0.15) is 0 Å². The molecular weight excluding hydrogens is 257 g/mol. The third-order valence-electron chi connectivity index (χ3n) is 3.49. The molecule has 20 heavy (non-hydrogen) atoms. The quantitative estimate of drug-likeness (QED) is 0.933. The van der Waals surface area contributed by atoms with Gasteiger partial charge in [-0.3, -0.25) is 4.90 Å². The zero-order chi connectivity index (χ0) is 13.9. The molecular formula is C15H18FN3O. The predicted molar refractivity (Wildman–Crippen MR) is 74.6 cm³/mol. The first-order valence-electron chi connectivity index (χ1n) is 6.87. The molecule has 2 aromatic rings. The molecule has 1 fully saturated rings. The molecule has 1 N–H and O–H groups in total. The van der Waals surface area contributed by atoms with Crippen LogP contribution < -0.4 is 5.32 Å². The summed E-state index contributed by atoms with van der Waals surface area (Å²) in [5, 5.41) is 3.41. The van der Waals surface area contributed by atoms with Crippen molar-refractivity contribution in [2.24, 2.45) is 0 Å². The second kappa shape index (κ2) is 5.73. The van der Waals surface area contributed by atoms with Gasteiger partial charge in [-0.05, 0) is 31.2 Å². The number of nitrogens with one attached hydrogen (secondary N) is 1. The number of hydrogen-bond acceptors (Lipinski definition) is 4.